The molecule has 1 aliphatic carbocycles. The highest BCUT2D eigenvalue weighted by Gasteiger charge is 2.16. The minimum atomic E-state index is 0.363. The molecule has 1 aromatic carbocycles. The zero-order chi connectivity index (χ0) is 9.38. The summed E-state index contributed by atoms with van der Waals surface area (Å²) in [5.41, 5.74) is 2.66. The van der Waals surface area contributed by atoms with Crippen molar-refractivity contribution in [3.8, 4) is 11.5 Å². The SMILES string of the molecule is C1=Cc2cc3c(cc2CCC1)OCO3. The Labute approximate surface area is 83.1 Å². The Balaban J connectivity index is 2.13. The van der Waals surface area contributed by atoms with Crippen molar-refractivity contribution in [2.24, 2.45) is 0 Å². The van der Waals surface area contributed by atoms with Gasteiger partial charge in [0.15, 0.2) is 11.5 Å². The summed E-state index contributed by atoms with van der Waals surface area (Å²) in [5.74, 6) is 1.79. The molecule has 0 spiro atoms. The third kappa shape index (κ3) is 1.18. The van der Waals surface area contributed by atoms with E-state index in [2.05, 4.69) is 24.3 Å². The van der Waals surface area contributed by atoms with Crippen LogP contribution in [0.15, 0.2) is 18.2 Å². The molecule has 0 radical (unpaired) electrons. The molecule has 1 heterocycles. The molecule has 2 heteroatoms. The van der Waals surface area contributed by atoms with Gasteiger partial charge in [-0.15, -0.1) is 0 Å². The van der Waals surface area contributed by atoms with E-state index in [1.807, 2.05) is 0 Å². The smallest absolute Gasteiger partial charge is 0.231 e. The van der Waals surface area contributed by atoms with Crippen LogP contribution in [-0.4, -0.2) is 6.79 Å². The van der Waals surface area contributed by atoms with E-state index in [1.54, 1.807) is 0 Å². The van der Waals surface area contributed by atoms with Gasteiger partial charge in [-0.2, -0.15) is 0 Å². The van der Waals surface area contributed by atoms with E-state index in [1.165, 1.54) is 24.0 Å². The standard InChI is InChI=1S/C12H12O2/c1-2-4-9-6-11-12(14-8-13-11)7-10(9)5-3-1/h2,4,6-7H,1,3,5,8H2. The van der Waals surface area contributed by atoms with Crippen molar-refractivity contribution in [3.63, 3.8) is 0 Å². The minimum absolute atomic E-state index is 0.363. The average molecular weight is 188 g/mol. The molecular weight excluding hydrogens is 176 g/mol. The van der Waals surface area contributed by atoms with Gasteiger partial charge < -0.3 is 9.47 Å². The van der Waals surface area contributed by atoms with Crippen LogP contribution in [-0.2, 0) is 6.42 Å². The summed E-state index contributed by atoms with van der Waals surface area (Å²) in [6, 6.07) is 4.20. The van der Waals surface area contributed by atoms with Gasteiger partial charge >= 0.3 is 0 Å². The Hall–Kier alpha value is -1.44. The van der Waals surface area contributed by atoms with Crippen LogP contribution in [0.2, 0.25) is 0 Å². The summed E-state index contributed by atoms with van der Waals surface area (Å²) in [5, 5.41) is 0. The van der Waals surface area contributed by atoms with E-state index >= 15 is 0 Å². The maximum atomic E-state index is 5.36. The van der Waals surface area contributed by atoms with Crippen LogP contribution in [0.25, 0.3) is 6.08 Å². The number of ether oxygens (including phenoxy) is 2. The predicted octanol–water partition coefficient (Wildman–Crippen LogP) is 2.76. The molecule has 0 bridgehead atoms. The first kappa shape index (κ1) is 7.92. The van der Waals surface area contributed by atoms with E-state index in [4.69, 9.17) is 9.47 Å². The fourth-order valence-electron chi connectivity index (χ4n) is 1.99. The van der Waals surface area contributed by atoms with Crippen molar-refractivity contribution in [1.29, 1.82) is 0 Å². The van der Waals surface area contributed by atoms with E-state index in [0.717, 1.165) is 17.9 Å². The zero-order valence-electron chi connectivity index (χ0n) is 7.95. The summed E-state index contributed by atoms with van der Waals surface area (Å²) in [4.78, 5) is 0. The summed E-state index contributed by atoms with van der Waals surface area (Å²) >= 11 is 0. The Kier molecular flexibility index (Phi) is 1.72. The van der Waals surface area contributed by atoms with E-state index in [0.29, 0.717) is 6.79 Å². The van der Waals surface area contributed by atoms with Gasteiger partial charge in [0.1, 0.15) is 0 Å². The molecule has 0 unspecified atom stereocenters. The van der Waals surface area contributed by atoms with E-state index < -0.39 is 0 Å². The molecule has 1 aliphatic heterocycles. The quantitative estimate of drug-likeness (QED) is 0.623. The molecule has 0 amide bonds. The lowest BCUT2D eigenvalue weighted by Crippen LogP contribution is -1.92. The fourth-order valence-corrected chi connectivity index (χ4v) is 1.99. The predicted molar refractivity (Wildman–Crippen MR) is 54.5 cm³/mol. The first-order valence-corrected chi connectivity index (χ1v) is 5.02. The summed E-state index contributed by atoms with van der Waals surface area (Å²) in [6.45, 7) is 0.363. The molecule has 0 saturated heterocycles. The van der Waals surface area contributed by atoms with Gasteiger partial charge in [-0.05, 0) is 42.5 Å². The number of aryl methyl sites for hydroxylation is 1. The Bertz CT molecular complexity index is 394. The number of fused-ring (bicyclic) bond motifs is 2. The molecule has 2 nitrogen and oxygen atoms in total. The molecule has 0 aromatic heterocycles. The Morgan fingerprint density at radius 1 is 1.07 bits per heavy atom. The number of benzene rings is 1. The number of allylic oxidation sites excluding steroid dienone is 1. The fraction of sp³-hybridized carbons (Fsp3) is 0.333. The first-order valence-electron chi connectivity index (χ1n) is 5.02. The number of hydrogen-bond donors (Lipinski definition) is 0. The average Bonchev–Trinajstić information content (AvgIpc) is 2.51. The van der Waals surface area contributed by atoms with Crippen LogP contribution in [0.4, 0.5) is 0 Å². The lowest BCUT2D eigenvalue weighted by atomic mass is 10.0. The van der Waals surface area contributed by atoms with Crippen LogP contribution < -0.4 is 9.47 Å². The molecule has 14 heavy (non-hydrogen) atoms. The van der Waals surface area contributed by atoms with Crippen molar-refractivity contribution in [1.82, 2.24) is 0 Å². The van der Waals surface area contributed by atoms with Gasteiger partial charge in [0, 0.05) is 0 Å². The topological polar surface area (TPSA) is 18.5 Å². The zero-order valence-corrected chi connectivity index (χ0v) is 7.95. The van der Waals surface area contributed by atoms with Crippen molar-refractivity contribution >= 4 is 6.08 Å². The van der Waals surface area contributed by atoms with Crippen molar-refractivity contribution in [2.75, 3.05) is 6.79 Å². The van der Waals surface area contributed by atoms with Crippen molar-refractivity contribution < 1.29 is 9.47 Å². The molecule has 0 atom stereocenters. The molecule has 1 aromatic rings. The van der Waals surface area contributed by atoms with Crippen LogP contribution in [0, 0.1) is 0 Å². The highest BCUT2D eigenvalue weighted by atomic mass is 16.7. The van der Waals surface area contributed by atoms with Gasteiger partial charge in [0.05, 0.1) is 0 Å². The highest BCUT2D eigenvalue weighted by Crippen LogP contribution is 2.36. The summed E-state index contributed by atoms with van der Waals surface area (Å²) in [7, 11) is 0. The molecule has 0 N–H and O–H groups in total. The van der Waals surface area contributed by atoms with E-state index in [9.17, 15) is 0 Å². The maximum Gasteiger partial charge on any atom is 0.231 e. The Morgan fingerprint density at radius 2 is 1.93 bits per heavy atom. The minimum Gasteiger partial charge on any atom is -0.454 e. The van der Waals surface area contributed by atoms with Crippen LogP contribution in [0.5, 0.6) is 11.5 Å². The lowest BCUT2D eigenvalue weighted by Gasteiger charge is -2.05. The number of rotatable bonds is 0. The summed E-state index contributed by atoms with van der Waals surface area (Å²) < 4.78 is 10.7. The maximum absolute atomic E-state index is 5.36. The molecule has 3 rings (SSSR count). The van der Waals surface area contributed by atoms with Crippen LogP contribution >= 0.6 is 0 Å². The van der Waals surface area contributed by atoms with Gasteiger partial charge in [0.2, 0.25) is 6.79 Å². The second-order valence-electron chi connectivity index (χ2n) is 3.70. The molecule has 0 saturated carbocycles. The Morgan fingerprint density at radius 3 is 2.86 bits per heavy atom. The monoisotopic (exact) mass is 188 g/mol. The second-order valence-corrected chi connectivity index (χ2v) is 3.70. The van der Waals surface area contributed by atoms with Crippen molar-refractivity contribution in [2.45, 2.75) is 19.3 Å². The van der Waals surface area contributed by atoms with Gasteiger partial charge in [-0.3, -0.25) is 0 Å². The summed E-state index contributed by atoms with van der Waals surface area (Å²) in [6.07, 6.45) is 7.95. The largest absolute Gasteiger partial charge is 0.454 e. The first-order chi connectivity index (χ1) is 6.93. The molecule has 72 valence electrons. The third-order valence-corrected chi connectivity index (χ3v) is 2.75. The molecule has 2 aliphatic rings. The lowest BCUT2D eigenvalue weighted by molar-refractivity contribution is 0.174. The highest BCUT2D eigenvalue weighted by molar-refractivity contribution is 5.61. The second kappa shape index (κ2) is 3.05. The normalized spacial score (nSPS) is 17.7. The van der Waals surface area contributed by atoms with Gasteiger partial charge in [0.25, 0.3) is 0 Å². The van der Waals surface area contributed by atoms with Gasteiger partial charge in [-0.1, -0.05) is 12.2 Å². The van der Waals surface area contributed by atoms with Crippen molar-refractivity contribution in [3.05, 3.63) is 29.3 Å². The van der Waals surface area contributed by atoms with Crippen LogP contribution in [0.3, 0.4) is 0 Å². The molecule has 0 fully saturated rings. The van der Waals surface area contributed by atoms with Gasteiger partial charge in [-0.25, -0.2) is 0 Å². The van der Waals surface area contributed by atoms with Crippen LogP contribution in [0.1, 0.15) is 24.0 Å². The number of hydrogen-bond acceptors (Lipinski definition) is 2. The molecular formula is C12H12O2. The third-order valence-electron chi connectivity index (χ3n) is 2.75. The van der Waals surface area contributed by atoms with E-state index in [-0.39, 0.29) is 0 Å².